The smallest absolute Gasteiger partial charge is 0.309 e. The molecule has 2 heterocycles. The van der Waals surface area contributed by atoms with E-state index in [1.54, 1.807) is 0 Å². The fourth-order valence-electron chi connectivity index (χ4n) is 11.1. The molecule has 0 spiro atoms. The van der Waals surface area contributed by atoms with Gasteiger partial charge in [-0.25, -0.2) is 0 Å². The van der Waals surface area contributed by atoms with Gasteiger partial charge in [0.15, 0.2) is 0 Å². The molecule has 6 fully saturated rings. The summed E-state index contributed by atoms with van der Waals surface area (Å²) in [5, 5.41) is 3.61. The fraction of sp³-hybridized carbons (Fsp3) is 0.968. The van der Waals surface area contributed by atoms with Crippen LogP contribution in [0.5, 0.6) is 0 Å². The number of esters is 1. The molecule has 0 bridgehead atoms. The number of ether oxygens (including phenoxy) is 1. The molecule has 0 amide bonds. The highest BCUT2D eigenvalue weighted by Gasteiger charge is 2.60. The van der Waals surface area contributed by atoms with Gasteiger partial charge in [-0.3, -0.25) is 9.69 Å². The van der Waals surface area contributed by atoms with Gasteiger partial charge in [-0.1, -0.05) is 20.8 Å². The van der Waals surface area contributed by atoms with E-state index < -0.39 is 0 Å². The second-order valence-electron chi connectivity index (χ2n) is 14.3. The second-order valence-corrected chi connectivity index (χ2v) is 14.3. The number of carbonyl (C=O) groups is 1. The van der Waals surface area contributed by atoms with Gasteiger partial charge in [0, 0.05) is 19.1 Å². The molecule has 4 nitrogen and oxygen atoms in total. The molecule has 2 saturated heterocycles. The minimum Gasteiger partial charge on any atom is -0.465 e. The molecular weight excluding hydrogens is 432 g/mol. The summed E-state index contributed by atoms with van der Waals surface area (Å²) in [7, 11) is 0. The van der Waals surface area contributed by atoms with Gasteiger partial charge in [0.05, 0.1) is 12.5 Å². The van der Waals surface area contributed by atoms with E-state index >= 15 is 0 Å². The third-order valence-corrected chi connectivity index (χ3v) is 13.0. The maximum atomic E-state index is 12.2. The molecule has 4 heteroatoms. The lowest BCUT2D eigenvalue weighted by Gasteiger charge is -2.62. The van der Waals surface area contributed by atoms with Crippen molar-refractivity contribution >= 4 is 5.97 Å². The molecule has 6 aliphatic rings. The van der Waals surface area contributed by atoms with Gasteiger partial charge in [-0.2, -0.15) is 0 Å². The molecular formula is C31H52N2O2. The topological polar surface area (TPSA) is 41.6 Å². The van der Waals surface area contributed by atoms with Crippen LogP contribution in [0.1, 0.15) is 97.8 Å². The van der Waals surface area contributed by atoms with Crippen molar-refractivity contribution in [2.75, 3.05) is 32.8 Å². The molecule has 6 rings (SSSR count). The van der Waals surface area contributed by atoms with Crippen LogP contribution in [0, 0.1) is 52.3 Å². The molecule has 4 aliphatic carbocycles. The van der Waals surface area contributed by atoms with E-state index in [0.29, 0.717) is 23.4 Å². The Morgan fingerprint density at radius 1 is 0.971 bits per heavy atom. The molecule has 0 aromatic rings. The lowest BCUT2D eigenvalue weighted by Crippen LogP contribution is -2.55. The first-order valence-electron chi connectivity index (χ1n) is 15.5. The summed E-state index contributed by atoms with van der Waals surface area (Å²) in [5.41, 5.74) is 1.09. The highest BCUT2D eigenvalue weighted by atomic mass is 16.5. The average molecular weight is 485 g/mol. The van der Waals surface area contributed by atoms with Crippen LogP contribution >= 0.6 is 0 Å². The number of rotatable bonds is 4. The van der Waals surface area contributed by atoms with E-state index in [4.69, 9.17) is 4.74 Å². The summed E-state index contributed by atoms with van der Waals surface area (Å²) in [5.74, 6) is 5.52. The Morgan fingerprint density at radius 2 is 1.80 bits per heavy atom. The van der Waals surface area contributed by atoms with Crippen LogP contribution in [-0.2, 0) is 9.53 Å². The summed E-state index contributed by atoms with van der Waals surface area (Å²) in [4.78, 5) is 15.0. The zero-order valence-corrected chi connectivity index (χ0v) is 22.9. The molecule has 35 heavy (non-hydrogen) atoms. The first-order chi connectivity index (χ1) is 16.9. The van der Waals surface area contributed by atoms with E-state index in [1.807, 2.05) is 0 Å². The maximum absolute atomic E-state index is 12.2. The Morgan fingerprint density at radius 3 is 2.63 bits per heavy atom. The lowest BCUT2D eigenvalue weighted by atomic mass is 9.44. The minimum absolute atomic E-state index is 0.0820. The van der Waals surface area contributed by atoms with Crippen molar-refractivity contribution < 1.29 is 9.53 Å². The van der Waals surface area contributed by atoms with Crippen molar-refractivity contribution in [2.45, 2.75) is 104 Å². The number of nitrogens with one attached hydrogen (secondary N) is 1. The second kappa shape index (κ2) is 9.61. The molecule has 0 radical (unpaired) electrons. The highest BCUT2D eigenvalue weighted by molar-refractivity contribution is 5.74. The van der Waals surface area contributed by atoms with E-state index in [1.165, 1.54) is 90.4 Å². The number of hydrogen-bond donors (Lipinski definition) is 1. The quantitative estimate of drug-likeness (QED) is 0.505. The first kappa shape index (κ1) is 24.7. The van der Waals surface area contributed by atoms with E-state index in [-0.39, 0.29) is 11.9 Å². The van der Waals surface area contributed by atoms with Crippen LogP contribution in [0.25, 0.3) is 0 Å². The summed E-state index contributed by atoms with van der Waals surface area (Å²) < 4.78 is 5.30. The van der Waals surface area contributed by atoms with Gasteiger partial charge >= 0.3 is 5.97 Å². The van der Waals surface area contributed by atoms with Gasteiger partial charge in [-0.05, 0) is 136 Å². The highest BCUT2D eigenvalue weighted by Crippen LogP contribution is 2.68. The summed E-state index contributed by atoms with van der Waals surface area (Å²) in [6.07, 6.45) is 16.5. The third kappa shape index (κ3) is 4.21. The van der Waals surface area contributed by atoms with Gasteiger partial charge in [0.25, 0.3) is 0 Å². The van der Waals surface area contributed by atoms with Crippen molar-refractivity contribution in [2.24, 2.45) is 52.3 Å². The molecule has 198 valence electrons. The summed E-state index contributed by atoms with van der Waals surface area (Å²) in [6, 6.07) is 0.845. The predicted molar refractivity (Wildman–Crippen MR) is 141 cm³/mol. The number of hydrogen-bond acceptors (Lipinski definition) is 4. The largest absolute Gasteiger partial charge is 0.465 e. The Balaban J connectivity index is 1.13. The average Bonchev–Trinajstić information content (AvgIpc) is 3.28. The van der Waals surface area contributed by atoms with Crippen molar-refractivity contribution in [1.82, 2.24) is 10.2 Å². The predicted octanol–water partition coefficient (Wildman–Crippen LogP) is 5.90. The summed E-state index contributed by atoms with van der Waals surface area (Å²) in [6.45, 7) is 13.5. The molecule has 10 atom stereocenters. The first-order valence-corrected chi connectivity index (χ1v) is 15.5. The standard InChI is InChI=1S/C31H52N2O2/c1-21(19-22-11-18-35-29(22)34)26-7-8-27-25-6-5-23-20-24(33-16-4-14-32-15-17-33)9-12-30(23,2)28(25)10-13-31(26,27)3/h21-28,32H,4-20H2,1-3H3/t21-,22?,23+,24+,25?,26?,27?,28?,30+,31-/m1/s1. The van der Waals surface area contributed by atoms with Crippen molar-refractivity contribution in [3.63, 3.8) is 0 Å². The molecule has 1 N–H and O–H groups in total. The van der Waals surface area contributed by atoms with E-state index in [2.05, 4.69) is 31.0 Å². The lowest BCUT2D eigenvalue weighted by molar-refractivity contribution is -0.142. The molecule has 4 saturated carbocycles. The van der Waals surface area contributed by atoms with Gasteiger partial charge in [0.2, 0.25) is 0 Å². The molecule has 0 aromatic carbocycles. The number of cyclic esters (lactones) is 1. The van der Waals surface area contributed by atoms with Crippen LogP contribution in [0.3, 0.4) is 0 Å². The van der Waals surface area contributed by atoms with Crippen LogP contribution in [-0.4, -0.2) is 49.7 Å². The zero-order chi connectivity index (χ0) is 24.2. The monoisotopic (exact) mass is 484 g/mol. The zero-order valence-electron chi connectivity index (χ0n) is 22.9. The van der Waals surface area contributed by atoms with Crippen LogP contribution in [0.4, 0.5) is 0 Å². The van der Waals surface area contributed by atoms with E-state index in [0.717, 1.165) is 48.5 Å². The van der Waals surface area contributed by atoms with Gasteiger partial charge in [-0.15, -0.1) is 0 Å². The number of fused-ring (bicyclic) bond motifs is 5. The Kier molecular flexibility index (Phi) is 6.78. The minimum atomic E-state index is 0.0820. The fourth-order valence-corrected chi connectivity index (χ4v) is 11.1. The Bertz CT molecular complexity index is 778. The number of nitrogens with zero attached hydrogens (tertiary/aromatic N) is 1. The number of carbonyl (C=O) groups excluding carboxylic acids is 1. The van der Waals surface area contributed by atoms with Crippen molar-refractivity contribution in [3.8, 4) is 0 Å². The van der Waals surface area contributed by atoms with E-state index in [9.17, 15) is 4.79 Å². The Hall–Kier alpha value is -0.610. The van der Waals surface area contributed by atoms with Gasteiger partial charge < -0.3 is 10.1 Å². The maximum Gasteiger partial charge on any atom is 0.309 e. The molecule has 5 unspecified atom stereocenters. The van der Waals surface area contributed by atoms with Crippen LogP contribution in [0.15, 0.2) is 0 Å². The molecule has 0 aromatic heterocycles. The van der Waals surface area contributed by atoms with Gasteiger partial charge in [0.1, 0.15) is 0 Å². The van der Waals surface area contributed by atoms with Crippen molar-refractivity contribution in [1.29, 1.82) is 0 Å². The normalized spacial score (nSPS) is 49.5. The Labute approximate surface area is 214 Å². The molecule has 2 aliphatic heterocycles. The SMILES string of the molecule is C[C@H](CC1CCOC1=O)C1CCC2C3CC[C@H]4C[C@@H](N5CCCNCC5)CC[C@]4(C)C3CC[C@@]21C. The van der Waals surface area contributed by atoms with Crippen LogP contribution in [0.2, 0.25) is 0 Å². The summed E-state index contributed by atoms with van der Waals surface area (Å²) >= 11 is 0. The van der Waals surface area contributed by atoms with Crippen molar-refractivity contribution in [3.05, 3.63) is 0 Å². The van der Waals surface area contributed by atoms with Crippen LogP contribution < -0.4 is 5.32 Å². The third-order valence-electron chi connectivity index (χ3n) is 13.0.